The fraction of sp³-hybridized carbons (Fsp3) is 0. The fourth-order valence-corrected chi connectivity index (χ4v) is 1.78. The van der Waals surface area contributed by atoms with Gasteiger partial charge in [0.15, 0.2) is 0 Å². The van der Waals surface area contributed by atoms with Gasteiger partial charge in [-0.25, -0.2) is 0 Å². The van der Waals surface area contributed by atoms with E-state index < -0.39 is 9.24 Å². The van der Waals surface area contributed by atoms with E-state index in [1.807, 2.05) is 4.72 Å². The van der Waals surface area contributed by atoms with E-state index in [9.17, 15) is 8.42 Å². The molecule has 0 radical (unpaired) electrons. The molecule has 0 saturated heterocycles. The molecule has 1 N–H and O–H groups in total. The molecule has 0 amide bonds. The molecule has 1 rings (SSSR count). The fourth-order valence-electron chi connectivity index (χ4n) is 0.707. The smallest absolute Gasteiger partial charge is 0.269 e. The van der Waals surface area contributed by atoms with Crippen LogP contribution in [0, 0.1) is 0 Å². The molecule has 0 saturated carbocycles. The lowest BCUT2D eigenvalue weighted by molar-refractivity contribution is 0.614. The molecule has 0 atom stereocenters. The molecule has 0 spiro atoms. The van der Waals surface area contributed by atoms with Crippen molar-refractivity contribution < 1.29 is 8.42 Å². The summed E-state index contributed by atoms with van der Waals surface area (Å²) in [5.41, 5.74) is 0.157. The monoisotopic (exact) mass is 259 g/mol. The van der Waals surface area contributed by atoms with Crippen LogP contribution in [0.2, 0.25) is 10.0 Å². The van der Waals surface area contributed by atoms with Gasteiger partial charge in [0.05, 0.1) is 10.7 Å². The van der Waals surface area contributed by atoms with Gasteiger partial charge in [-0.1, -0.05) is 23.2 Å². The lowest BCUT2D eigenvalue weighted by Crippen LogP contribution is -2.04. The summed E-state index contributed by atoms with van der Waals surface area (Å²) in [6.45, 7) is 0. The van der Waals surface area contributed by atoms with Crippen LogP contribution in [-0.4, -0.2) is 8.42 Å². The first-order valence-corrected chi connectivity index (χ1v) is 6.12. The molecule has 0 aliphatic heterocycles. The maximum absolute atomic E-state index is 10.6. The molecule has 0 fully saturated rings. The Balaban J connectivity index is 3.08. The van der Waals surface area contributed by atoms with Crippen molar-refractivity contribution in [1.82, 2.24) is 0 Å². The lowest BCUT2D eigenvalue weighted by Gasteiger charge is -2.04. The van der Waals surface area contributed by atoms with Crippen LogP contribution in [0.3, 0.4) is 0 Å². The molecule has 0 unspecified atom stereocenters. The zero-order chi connectivity index (χ0) is 10.1. The second kappa shape index (κ2) is 3.92. The molecular formula is C6H4Cl3NO2S. The first kappa shape index (κ1) is 10.9. The quantitative estimate of drug-likeness (QED) is 0.831. The summed E-state index contributed by atoms with van der Waals surface area (Å²) >= 11 is 11.3. The van der Waals surface area contributed by atoms with Crippen LogP contribution in [0.25, 0.3) is 0 Å². The Bertz CT molecular complexity index is 418. The predicted octanol–water partition coefficient (Wildman–Crippen LogP) is 2.89. The van der Waals surface area contributed by atoms with Gasteiger partial charge in [0.1, 0.15) is 0 Å². The van der Waals surface area contributed by atoms with Gasteiger partial charge in [-0.05, 0) is 18.2 Å². The Labute approximate surface area is 90.2 Å². The van der Waals surface area contributed by atoms with Crippen molar-refractivity contribution in [3.8, 4) is 0 Å². The van der Waals surface area contributed by atoms with E-state index in [1.54, 1.807) is 0 Å². The molecular weight excluding hydrogens is 256 g/mol. The molecule has 0 heterocycles. The highest BCUT2D eigenvalue weighted by molar-refractivity contribution is 8.14. The van der Waals surface area contributed by atoms with Crippen molar-refractivity contribution in [2.45, 2.75) is 0 Å². The van der Waals surface area contributed by atoms with Gasteiger partial charge in [-0.2, -0.15) is 8.42 Å². The highest BCUT2D eigenvalue weighted by atomic mass is 35.7. The molecule has 1 aromatic rings. The molecule has 7 heteroatoms. The summed E-state index contributed by atoms with van der Waals surface area (Å²) in [6, 6.07) is 4.37. The van der Waals surface area contributed by atoms with Crippen LogP contribution >= 0.6 is 33.9 Å². The minimum Gasteiger partial charge on any atom is -0.269 e. The number of benzene rings is 1. The summed E-state index contributed by atoms with van der Waals surface area (Å²) in [5.74, 6) is 0. The largest absolute Gasteiger partial charge is 0.319 e. The van der Waals surface area contributed by atoms with Crippen LogP contribution in [0.4, 0.5) is 5.69 Å². The van der Waals surface area contributed by atoms with Gasteiger partial charge in [-0.3, -0.25) is 4.72 Å². The lowest BCUT2D eigenvalue weighted by atomic mass is 10.3. The Hall–Kier alpha value is -0.160. The summed E-state index contributed by atoms with van der Waals surface area (Å²) < 4.78 is 23.2. The first-order valence-electron chi connectivity index (χ1n) is 3.06. The van der Waals surface area contributed by atoms with Gasteiger partial charge in [0.2, 0.25) is 0 Å². The van der Waals surface area contributed by atoms with E-state index in [4.69, 9.17) is 33.9 Å². The highest BCUT2D eigenvalue weighted by Crippen LogP contribution is 2.26. The van der Waals surface area contributed by atoms with Crippen molar-refractivity contribution in [3.05, 3.63) is 28.2 Å². The SMILES string of the molecule is O=S(=O)(Cl)Nc1cc(Cl)ccc1Cl. The second-order valence-electron chi connectivity index (χ2n) is 2.16. The summed E-state index contributed by atoms with van der Waals surface area (Å²) in [4.78, 5) is 0. The maximum atomic E-state index is 10.6. The van der Waals surface area contributed by atoms with Crippen molar-refractivity contribution in [2.24, 2.45) is 0 Å². The average Bonchev–Trinajstić information content (AvgIpc) is 1.94. The van der Waals surface area contributed by atoms with E-state index in [0.717, 1.165) is 0 Å². The van der Waals surface area contributed by atoms with Gasteiger partial charge in [0, 0.05) is 15.7 Å². The minimum absolute atomic E-state index is 0.157. The summed E-state index contributed by atoms with van der Waals surface area (Å²) in [5, 5.41) is 0.598. The number of halogens is 3. The van der Waals surface area contributed by atoms with E-state index in [2.05, 4.69) is 0 Å². The van der Waals surface area contributed by atoms with Crippen LogP contribution in [0.15, 0.2) is 18.2 Å². The summed E-state index contributed by atoms with van der Waals surface area (Å²) in [6.07, 6.45) is 0. The Morgan fingerprint density at radius 1 is 1.23 bits per heavy atom. The third-order valence-corrected chi connectivity index (χ3v) is 2.42. The number of nitrogens with one attached hydrogen (secondary N) is 1. The molecule has 0 aromatic heterocycles. The van der Waals surface area contributed by atoms with Crippen LogP contribution in [0.1, 0.15) is 0 Å². The first-order chi connectivity index (χ1) is 5.88. The third-order valence-electron chi connectivity index (χ3n) is 1.16. The van der Waals surface area contributed by atoms with Gasteiger partial charge < -0.3 is 0 Å². The number of anilines is 1. The maximum Gasteiger partial charge on any atom is 0.319 e. The molecule has 72 valence electrons. The minimum atomic E-state index is -3.84. The standard InChI is InChI=1S/C6H4Cl3NO2S/c7-4-1-2-5(8)6(3-4)10-13(9,11)12/h1-3,10H. The van der Waals surface area contributed by atoms with Gasteiger partial charge in [0.25, 0.3) is 0 Å². The van der Waals surface area contributed by atoms with E-state index in [0.29, 0.717) is 5.02 Å². The normalized spacial score (nSPS) is 11.3. The third kappa shape index (κ3) is 3.60. The van der Waals surface area contributed by atoms with E-state index in [-0.39, 0.29) is 10.7 Å². The Kier molecular flexibility index (Phi) is 3.29. The topological polar surface area (TPSA) is 46.2 Å². The highest BCUT2D eigenvalue weighted by Gasteiger charge is 2.08. The molecule has 0 bridgehead atoms. The van der Waals surface area contributed by atoms with Crippen LogP contribution in [0.5, 0.6) is 0 Å². The van der Waals surface area contributed by atoms with E-state index in [1.165, 1.54) is 18.2 Å². The van der Waals surface area contributed by atoms with Crippen LogP contribution < -0.4 is 4.72 Å². The van der Waals surface area contributed by atoms with Gasteiger partial charge >= 0.3 is 9.24 Å². The van der Waals surface area contributed by atoms with E-state index >= 15 is 0 Å². The second-order valence-corrected chi connectivity index (χ2v) is 5.31. The van der Waals surface area contributed by atoms with Crippen LogP contribution in [-0.2, 0) is 9.24 Å². The summed E-state index contributed by atoms with van der Waals surface area (Å²) in [7, 11) is 1.11. The molecule has 13 heavy (non-hydrogen) atoms. The van der Waals surface area contributed by atoms with Crippen molar-refractivity contribution in [3.63, 3.8) is 0 Å². The van der Waals surface area contributed by atoms with Crippen molar-refractivity contribution in [2.75, 3.05) is 4.72 Å². The molecule has 3 nitrogen and oxygen atoms in total. The molecule has 0 aliphatic rings. The zero-order valence-corrected chi connectivity index (χ0v) is 9.17. The average molecular weight is 261 g/mol. The van der Waals surface area contributed by atoms with Gasteiger partial charge in [-0.15, -0.1) is 0 Å². The van der Waals surface area contributed by atoms with Crippen molar-refractivity contribution >= 4 is 48.8 Å². The zero-order valence-electron chi connectivity index (χ0n) is 6.09. The Morgan fingerprint density at radius 2 is 1.85 bits per heavy atom. The Morgan fingerprint density at radius 3 is 2.38 bits per heavy atom. The number of rotatable bonds is 2. The predicted molar refractivity (Wildman–Crippen MR) is 54.9 cm³/mol. The number of hydrogen-bond donors (Lipinski definition) is 1. The van der Waals surface area contributed by atoms with Crippen molar-refractivity contribution in [1.29, 1.82) is 0 Å². The molecule has 0 aliphatic carbocycles. The molecule has 1 aromatic carbocycles. The number of hydrogen-bond acceptors (Lipinski definition) is 2.